The average Bonchev–Trinajstić information content (AvgIpc) is 2.81. The second kappa shape index (κ2) is 12.5. The summed E-state index contributed by atoms with van der Waals surface area (Å²) in [7, 11) is 1.60. The van der Waals surface area contributed by atoms with Gasteiger partial charge in [0, 0.05) is 13.1 Å². The lowest BCUT2D eigenvalue weighted by Crippen LogP contribution is -2.35. The number of likely N-dealkylation sites (N-methyl/N-ethyl adjacent to an activating group) is 1. The summed E-state index contributed by atoms with van der Waals surface area (Å²) in [5.41, 5.74) is 1.44. The molecule has 2 rings (SSSR count). The lowest BCUT2D eigenvalue weighted by molar-refractivity contribution is -0.127. The lowest BCUT2D eigenvalue weighted by atomic mass is 10.2. The molecule has 0 fully saturated rings. The predicted octanol–water partition coefficient (Wildman–Crippen LogP) is 3.37. The van der Waals surface area contributed by atoms with E-state index < -0.39 is 6.10 Å². The molecule has 2 aromatic rings. The van der Waals surface area contributed by atoms with Crippen molar-refractivity contribution in [2.45, 2.75) is 33.4 Å². The number of nitriles is 1. The highest BCUT2D eigenvalue weighted by molar-refractivity contribution is 5.80. The van der Waals surface area contributed by atoms with Gasteiger partial charge in [-0.2, -0.15) is 5.26 Å². The molecule has 0 aliphatic carbocycles. The van der Waals surface area contributed by atoms with Crippen molar-refractivity contribution >= 4 is 5.91 Å². The molecule has 1 amide bonds. The zero-order chi connectivity index (χ0) is 22.6. The summed E-state index contributed by atoms with van der Waals surface area (Å²) in [6, 6.07) is 14.3. The summed E-state index contributed by atoms with van der Waals surface area (Å²) in [6.45, 7) is 9.69. The van der Waals surface area contributed by atoms with Gasteiger partial charge in [0.15, 0.2) is 17.6 Å². The van der Waals surface area contributed by atoms with E-state index in [-0.39, 0.29) is 5.91 Å². The smallest absolute Gasteiger partial charge is 0.261 e. The van der Waals surface area contributed by atoms with Crippen molar-refractivity contribution in [1.82, 2.24) is 10.2 Å². The van der Waals surface area contributed by atoms with Crippen molar-refractivity contribution in [2.24, 2.45) is 0 Å². The van der Waals surface area contributed by atoms with Crippen LogP contribution in [0.5, 0.6) is 17.2 Å². The van der Waals surface area contributed by atoms with Crippen LogP contribution in [0.3, 0.4) is 0 Å². The van der Waals surface area contributed by atoms with Crippen molar-refractivity contribution in [3.8, 4) is 23.3 Å². The van der Waals surface area contributed by atoms with Crippen LogP contribution in [0.15, 0.2) is 42.5 Å². The fourth-order valence-corrected chi connectivity index (χ4v) is 2.96. The van der Waals surface area contributed by atoms with Crippen LogP contribution < -0.4 is 19.5 Å². The third-order valence-corrected chi connectivity index (χ3v) is 4.92. The van der Waals surface area contributed by atoms with Crippen molar-refractivity contribution in [2.75, 3.05) is 33.4 Å². The quantitative estimate of drug-likeness (QED) is 0.561. The highest BCUT2D eigenvalue weighted by Gasteiger charge is 2.15. The van der Waals surface area contributed by atoms with E-state index in [9.17, 15) is 4.79 Å². The van der Waals surface area contributed by atoms with Gasteiger partial charge in [-0.25, -0.2) is 0 Å². The number of methoxy groups -OCH3 is 1. The van der Waals surface area contributed by atoms with E-state index in [1.54, 1.807) is 38.3 Å². The van der Waals surface area contributed by atoms with E-state index >= 15 is 0 Å². The normalized spacial score (nSPS) is 11.5. The number of hydrogen-bond acceptors (Lipinski definition) is 6. The first kappa shape index (κ1) is 24.0. The van der Waals surface area contributed by atoms with Crippen LogP contribution in [0, 0.1) is 11.3 Å². The first-order chi connectivity index (χ1) is 15.0. The molecule has 2 aromatic carbocycles. The molecule has 0 unspecified atom stereocenters. The van der Waals surface area contributed by atoms with Gasteiger partial charge in [0.1, 0.15) is 12.4 Å². The number of benzene rings is 2. The fourth-order valence-electron chi connectivity index (χ4n) is 2.96. The number of nitrogens with one attached hydrogen (secondary N) is 1. The maximum atomic E-state index is 12.4. The van der Waals surface area contributed by atoms with Gasteiger partial charge in [-0.05, 0) is 62.0 Å². The van der Waals surface area contributed by atoms with E-state index in [4.69, 9.17) is 19.5 Å². The minimum absolute atomic E-state index is 0.233. The Labute approximate surface area is 184 Å². The zero-order valence-corrected chi connectivity index (χ0v) is 18.7. The zero-order valence-electron chi connectivity index (χ0n) is 18.7. The largest absolute Gasteiger partial charge is 0.493 e. The van der Waals surface area contributed by atoms with Crippen molar-refractivity contribution in [1.29, 1.82) is 5.26 Å². The van der Waals surface area contributed by atoms with Crippen LogP contribution >= 0.6 is 0 Å². The molecule has 0 aliphatic rings. The average molecular weight is 426 g/mol. The third kappa shape index (κ3) is 7.50. The van der Waals surface area contributed by atoms with Crippen LogP contribution in [0.2, 0.25) is 0 Å². The van der Waals surface area contributed by atoms with Gasteiger partial charge < -0.3 is 24.4 Å². The number of hydrogen-bond donors (Lipinski definition) is 1. The van der Waals surface area contributed by atoms with Gasteiger partial charge >= 0.3 is 0 Å². The summed E-state index contributed by atoms with van der Waals surface area (Å²) in [4.78, 5) is 14.7. The first-order valence-corrected chi connectivity index (χ1v) is 10.5. The van der Waals surface area contributed by atoms with Gasteiger partial charge in [0.25, 0.3) is 5.91 Å². The number of ether oxygens (including phenoxy) is 3. The number of amides is 1. The van der Waals surface area contributed by atoms with Crippen molar-refractivity contribution in [3.63, 3.8) is 0 Å². The topological polar surface area (TPSA) is 83.8 Å². The Kier molecular flexibility index (Phi) is 9.66. The van der Waals surface area contributed by atoms with Crippen LogP contribution in [0.25, 0.3) is 0 Å². The van der Waals surface area contributed by atoms with E-state index in [1.165, 1.54) is 0 Å². The van der Waals surface area contributed by atoms with E-state index in [1.807, 2.05) is 24.3 Å². The summed E-state index contributed by atoms with van der Waals surface area (Å²) < 4.78 is 17.0. The number of nitrogens with zero attached hydrogens (tertiary/aromatic N) is 2. The molecule has 7 nitrogen and oxygen atoms in total. The molecule has 1 N–H and O–H groups in total. The lowest BCUT2D eigenvalue weighted by Gasteiger charge is -2.19. The predicted molar refractivity (Wildman–Crippen MR) is 119 cm³/mol. The molecular formula is C24H31N3O4. The summed E-state index contributed by atoms with van der Waals surface area (Å²) >= 11 is 0. The molecule has 1 atom stereocenters. The van der Waals surface area contributed by atoms with Crippen LogP contribution in [-0.2, 0) is 11.3 Å². The van der Waals surface area contributed by atoms with Gasteiger partial charge in [0.2, 0.25) is 0 Å². The number of rotatable bonds is 12. The van der Waals surface area contributed by atoms with Crippen LogP contribution in [-0.4, -0.2) is 50.3 Å². The Balaban J connectivity index is 1.87. The standard InChI is InChI=1S/C24H31N3O4/c1-5-27(6-2)13-14-30-22-12-9-20(15-23(22)29-4)17-26-24(28)18(3)31-21-10-7-19(16-25)8-11-21/h7-12,15,18H,5-6,13-14,17H2,1-4H3,(H,26,28)/t18-/m1/s1. The molecule has 0 saturated heterocycles. The molecule has 0 radical (unpaired) electrons. The molecule has 166 valence electrons. The van der Waals surface area contributed by atoms with Crippen molar-refractivity contribution < 1.29 is 19.0 Å². The highest BCUT2D eigenvalue weighted by Crippen LogP contribution is 2.28. The molecule has 0 bridgehead atoms. The molecule has 0 spiro atoms. The maximum absolute atomic E-state index is 12.4. The molecule has 7 heteroatoms. The van der Waals surface area contributed by atoms with E-state index in [2.05, 4.69) is 24.1 Å². The number of carbonyl (C=O) groups excluding carboxylic acids is 1. The Morgan fingerprint density at radius 2 is 1.84 bits per heavy atom. The number of carbonyl (C=O) groups is 1. The Bertz CT molecular complexity index is 873. The minimum Gasteiger partial charge on any atom is -0.493 e. The monoisotopic (exact) mass is 425 g/mol. The van der Waals surface area contributed by atoms with Gasteiger partial charge in [-0.1, -0.05) is 19.9 Å². The second-order valence-electron chi connectivity index (χ2n) is 6.97. The van der Waals surface area contributed by atoms with Crippen LogP contribution in [0.4, 0.5) is 0 Å². The molecular weight excluding hydrogens is 394 g/mol. The van der Waals surface area contributed by atoms with E-state index in [0.717, 1.165) is 25.2 Å². The molecule has 0 aromatic heterocycles. The molecule has 31 heavy (non-hydrogen) atoms. The molecule has 0 heterocycles. The van der Waals surface area contributed by atoms with Crippen LogP contribution in [0.1, 0.15) is 31.9 Å². The summed E-state index contributed by atoms with van der Waals surface area (Å²) in [5.74, 6) is 1.62. The SMILES string of the molecule is CCN(CC)CCOc1ccc(CNC(=O)[C@@H](C)Oc2ccc(C#N)cc2)cc1OC. The molecule has 0 saturated carbocycles. The fraction of sp³-hybridized carbons (Fsp3) is 0.417. The minimum atomic E-state index is -0.669. The van der Waals surface area contributed by atoms with Gasteiger partial charge in [-0.3, -0.25) is 4.79 Å². The Hall–Kier alpha value is -3.24. The Morgan fingerprint density at radius 3 is 2.45 bits per heavy atom. The van der Waals surface area contributed by atoms with Gasteiger partial charge in [0.05, 0.1) is 18.7 Å². The summed E-state index contributed by atoms with van der Waals surface area (Å²) in [6.07, 6.45) is -0.669. The highest BCUT2D eigenvalue weighted by atomic mass is 16.5. The first-order valence-electron chi connectivity index (χ1n) is 10.5. The van der Waals surface area contributed by atoms with Crippen molar-refractivity contribution in [3.05, 3.63) is 53.6 Å². The maximum Gasteiger partial charge on any atom is 0.261 e. The van der Waals surface area contributed by atoms with E-state index in [0.29, 0.717) is 36.0 Å². The third-order valence-electron chi connectivity index (χ3n) is 4.92. The molecule has 0 aliphatic heterocycles. The Morgan fingerprint density at radius 1 is 1.13 bits per heavy atom. The second-order valence-corrected chi connectivity index (χ2v) is 6.97. The van der Waals surface area contributed by atoms with Gasteiger partial charge in [-0.15, -0.1) is 0 Å². The summed E-state index contributed by atoms with van der Waals surface area (Å²) in [5, 5.41) is 11.7.